The highest BCUT2D eigenvalue weighted by Crippen LogP contribution is 2.30. The molecule has 0 spiro atoms. The minimum Gasteiger partial charge on any atom is -0.379 e. The van der Waals surface area contributed by atoms with Crippen LogP contribution in [0.3, 0.4) is 0 Å². The molecule has 1 aromatic rings. The van der Waals surface area contributed by atoms with Crippen molar-refractivity contribution in [1.82, 2.24) is 25.1 Å². The van der Waals surface area contributed by atoms with Crippen molar-refractivity contribution in [2.75, 3.05) is 46.4 Å². The number of hydrogen-bond donors (Lipinski definition) is 1. The van der Waals surface area contributed by atoms with Gasteiger partial charge >= 0.3 is 0 Å². The standard InChI is InChI=1S/C17H27N5O2/c1-13-18-10-14(17(20-13)15-4-3-5-21(15)2)11-19-16(23)12-22-6-8-24-9-7-22/h10,15H,3-9,11-12H2,1-2H3,(H,19,23)/t15-/m1/s1. The molecule has 0 radical (unpaired) electrons. The molecule has 3 rings (SSSR count). The smallest absolute Gasteiger partial charge is 0.234 e. The SMILES string of the molecule is Cc1ncc(CNC(=O)CN2CCOCC2)c([C@H]2CCCN2C)n1. The van der Waals surface area contributed by atoms with E-state index < -0.39 is 0 Å². The summed E-state index contributed by atoms with van der Waals surface area (Å²) < 4.78 is 5.31. The lowest BCUT2D eigenvalue weighted by molar-refractivity contribution is -0.123. The summed E-state index contributed by atoms with van der Waals surface area (Å²) in [6, 6.07) is 0.331. The van der Waals surface area contributed by atoms with Crippen LogP contribution in [-0.2, 0) is 16.1 Å². The summed E-state index contributed by atoms with van der Waals surface area (Å²) in [7, 11) is 2.13. The average Bonchev–Trinajstić information content (AvgIpc) is 3.00. The molecule has 1 amide bonds. The Morgan fingerprint density at radius 1 is 1.38 bits per heavy atom. The van der Waals surface area contributed by atoms with E-state index in [2.05, 4.69) is 32.1 Å². The van der Waals surface area contributed by atoms with Crippen LogP contribution in [-0.4, -0.2) is 72.1 Å². The van der Waals surface area contributed by atoms with E-state index in [0.717, 1.165) is 43.1 Å². The molecule has 0 bridgehead atoms. The summed E-state index contributed by atoms with van der Waals surface area (Å²) in [4.78, 5) is 25.6. The van der Waals surface area contributed by atoms with E-state index in [9.17, 15) is 4.79 Å². The van der Waals surface area contributed by atoms with Gasteiger partial charge in [0.2, 0.25) is 5.91 Å². The number of amides is 1. The highest BCUT2D eigenvalue weighted by molar-refractivity contribution is 5.78. The van der Waals surface area contributed by atoms with Crippen LogP contribution in [0.1, 0.15) is 36.0 Å². The lowest BCUT2D eigenvalue weighted by atomic mass is 10.1. The van der Waals surface area contributed by atoms with Crippen LogP contribution < -0.4 is 5.32 Å². The van der Waals surface area contributed by atoms with Crippen molar-refractivity contribution < 1.29 is 9.53 Å². The van der Waals surface area contributed by atoms with E-state index in [0.29, 0.717) is 32.3 Å². The fraction of sp³-hybridized carbons (Fsp3) is 0.706. The lowest BCUT2D eigenvalue weighted by Crippen LogP contribution is -2.43. The molecule has 0 unspecified atom stereocenters. The van der Waals surface area contributed by atoms with Gasteiger partial charge in [-0.3, -0.25) is 14.6 Å². The van der Waals surface area contributed by atoms with Gasteiger partial charge in [0.25, 0.3) is 0 Å². The number of hydrogen-bond acceptors (Lipinski definition) is 6. The maximum atomic E-state index is 12.2. The average molecular weight is 333 g/mol. The Morgan fingerprint density at radius 2 is 2.17 bits per heavy atom. The van der Waals surface area contributed by atoms with Crippen molar-refractivity contribution in [2.24, 2.45) is 0 Å². The Labute approximate surface area is 143 Å². The first-order valence-electron chi connectivity index (χ1n) is 8.73. The van der Waals surface area contributed by atoms with Gasteiger partial charge in [-0.1, -0.05) is 0 Å². The largest absolute Gasteiger partial charge is 0.379 e. The first-order chi connectivity index (χ1) is 11.6. The number of nitrogens with zero attached hydrogens (tertiary/aromatic N) is 4. The third-order valence-corrected chi connectivity index (χ3v) is 4.80. The molecule has 2 fully saturated rings. The summed E-state index contributed by atoms with van der Waals surface area (Å²) in [5.74, 6) is 0.830. The van der Waals surface area contributed by atoms with Crippen LogP contribution >= 0.6 is 0 Å². The van der Waals surface area contributed by atoms with Gasteiger partial charge in [-0.15, -0.1) is 0 Å². The predicted octanol–water partition coefficient (Wildman–Crippen LogP) is 0.500. The Bertz CT molecular complexity index is 574. The highest BCUT2D eigenvalue weighted by atomic mass is 16.5. The van der Waals surface area contributed by atoms with Crippen LogP contribution in [0.2, 0.25) is 0 Å². The molecule has 24 heavy (non-hydrogen) atoms. The van der Waals surface area contributed by atoms with Gasteiger partial charge < -0.3 is 10.1 Å². The van der Waals surface area contributed by atoms with E-state index in [1.54, 1.807) is 0 Å². The molecule has 2 aliphatic rings. The van der Waals surface area contributed by atoms with E-state index in [-0.39, 0.29) is 5.91 Å². The fourth-order valence-corrected chi connectivity index (χ4v) is 3.40. The molecule has 2 saturated heterocycles. The zero-order valence-electron chi connectivity index (χ0n) is 14.6. The van der Waals surface area contributed by atoms with E-state index >= 15 is 0 Å². The number of rotatable bonds is 5. The third kappa shape index (κ3) is 4.28. The van der Waals surface area contributed by atoms with E-state index in [1.807, 2.05) is 13.1 Å². The number of likely N-dealkylation sites (tertiary alicyclic amines) is 1. The second kappa shape index (κ2) is 8.00. The molecule has 132 valence electrons. The monoisotopic (exact) mass is 333 g/mol. The first kappa shape index (κ1) is 17.3. The van der Waals surface area contributed by atoms with Crippen LogP contribution in [0.4, 0.5) is 0 Å². The topological polar surface area (TPSA) is 70.6 Å². The van der Waals surface area contributed by atoms with E-state index in [4.69, 9.17) is 4.74 Å². The van der Waals surface area contributed by atoms with Crippen molar-refractivity contribution >= 4 is 5.91 Å². The van der Waals surface area contributed by atoms with Gasteiger partial charge in [-0.05, 0) is 33.4 Å². The van der Waals surface area contributed by atoms with Gasteiger partial charge in [0.05, 0.1) is 31.5 Å². The Balaban J connectivity index is 1.61. The number of carbonyl (C=O) groups excluding carboxylic acids is 1. The normalized spacial score (nSPS) is 22.7. The molecule has 7 heteroatoms. The van der Waals surface area contributed by atoms with Gasteiger partial charge in [0, 0.05) is 31.4 Å². The zero-order chi connectivity index (χ0) is 16.9. The number of aryl methyl sites for hydroxylation is 1. The highest BCUT2D eigenvalue weighted by Gasteiger charge is 2.26. The number of carbonyl (C=O) groups is 1. The maximum Gasteiger partial charge on any atom is 0.234 e. The zero-order valence-corrected chi connectivity index (χ0v) is 14.6. The molecule has 0 aromatic carbocycles. The molecular formula is C17H27N5O2. The molecule has 0 aliphatic carbocycles. The quantitative estimate of drug-likeness (QED) is 0.846. The molecule has 1 aromatic heterocycles. The van der Waals surface area contributed by atoms with Gasteiger partial charge in [-0.2, -0.15) is 0 Å². The second-order valence-electron chi connectivity index (χ2n) is 6.63. The van der Waals surface area contributed by atoms with Gasteiger partial charge in [-0.25, -0.2) is 9.97 Å². The van der Waals surface area contributed by atoms with Crippen molar-refractivity contribution in [3.8, 4) is 0 Å². The molecule has 3 heterocycles. The molecule has 1 atom stereocenters. The van der Waals surface area contributed by atoms with Crippen molar-refractivity contribution in [1.29, 1.82) is 0 Å². The Hall–Kier alpha value is -1.57. The molecule has 1 N–H and O–H groups in total. The van der Waals surface area contributed by atoms with Gasteiger partial charge in [0.15, 0.2) is 0 Å². The van der Waals surface area contributed by atoms with Crippen LogP contribution in [0.5, 0.6) is 0 Å². The first-order valence-corrected chi connectivity index (χ1v) is 8.73. The van der Waals surface area contributed by atoms with Crippen LogP contribution in [0.25, 0.3) is 0 Å². The molecule has 2 aliphatic heterocycles. The Morgan fingerprint density at radius 3 is 2.88 bits per heavy atom. The molecular weight excluding hydrogens is 306 g/mol. The van der Waals surface area contributed by atoms with Crippen molar-refractivity contribution in [3.63, 3.8) is 0 Å². The number of aromatic nitrogens is 2. The minimum atomic E-state index is 0.0446. The van der Waals surface area contributed by atoms with Gasteiger partial charge in [0.1, 0.15) is 5.82 Å². The summed E-state index contributed by atoms with van der Waals surface area (Å²) >= 11 is 0. The number of morpholine rings is 1. The lowest BCUT2D eigenvalue weighted by Gasteiger charge is -2.26. The second-order valence-corrected chi connectivity index (χ2v) is 6.63. The number of ether oxygens (including phenoxy) is 1. The molecule has 0 saturated carbocycles. The summed E-state index contributed by atoms with van der Waals surface area (Å²) in [5, 5.41) is 3.02. The van der Waals surface area contributed by atoms with E-state index in [1.165, 1.54) is 6.42 Å². The Kier molecular flexibility index (Phi) is 5.76. The van der Waals surface area contributed by atoms with Crippen molar-refractivity contribution in [2.45, 2.75) is 32.4 Å². The summed E-state index contributed by atoms with van der Waals surface area (Å²) in [6.45, 7) is 6.97. The minimum absolute atomic E-state index is 0.0446. The van der Waals surface area contributed by atoms with Crippen LogP contribution in [0.15, 0.2) is 6.20 Å². The summed E-state index contributed by atoms with van der Waals surface area (Å²) in [5.41, 5.74) is 2.09. The summed E-state index contributed by atoms with van der Waals surface area (Å²) in [6.07, 6.45) is 4.16. The predicted molar refractivity (Wildman–Crippen MR) is 90.5 cm³/mol. The molecule has 7 nitrogen and oxygen atoms in total. The van der Waals surface area contributed by atoms with Crippen molar-refractivity contribution in [3.05, 3.63) is 23.3 Å². The number of nitrogens with one attached hydrogen (secondary N) is 1. The van der Waals surface area contributed by atoms with Crippen LogP contribution in [0, 0.1) is 6.92 Å². The fourth-order valence-electron chi connectivity index (χ4n) is 3.40. The third-order valence-electron chi connectivity index (χ3n) is 4.80. The maximum absolute atomic E-state index is 12.2.